The second-order valence-electron chi connectivity index (χ2n) is 6.08. The number of nitrogens with zero attached hydrogens (tertiary/aromatic N) is 1. The Morgan fingerprint density at radius 1 is 1.11 bits per heavy atom. The number of hydrogen-bond donors (Lipinski definition) is 2. The summed E-state index contributed by atoms with van der Waals surface area (Å²) in [5.41, 5.74) is 5.75. The lowest BCUT2D eigenvalue weighted by Crippen LogP contribution is -2.48. The van der Waals surface area contributed by atoms with Crippen molar-refractivity contribution in [3.63, 3.8) is 0 Å². The van der Waals surface area contributed by atoms with Crippen molar-refractivity contribution in [1.82, 2.24) is 10.2 Å². The minimum absolute atomic E-state index is 0.582. The molecule has 2 aliphatic rings. The standard InChI is InChI=1S/C16H25N3/c1-11-4-5-12(2)15-14(11)16(13(3)10-18-15)19-8-6-17-7-9-19/h4-5,13,16-18H,6-10H2,1-3H3. The van der Waals surface area contributed by atoms with Crippen LogP contribution in [0.5, 0.6) is 0 Å². The van der Waals surface area contributed by atoms with Gasteiger partial charge in [-0.2, -0.15) is 0 Å². The van der Waals surface area contributed by atoms with Crippen LogP contribution < -0.4 is 10.6 Å². The third-order valence-corrected chi connectivity index (χ3v) is 4.65. The Kier molecular flexibility index (Phi) is 3.50. The topological polar surface area (TPSA) is 27.3 Å². The molecule has 1 aromatic rings. The van der Waals surface area contributed by atoms with Crippen LogP contribution in [0.2, 0.25) is 0 Å². The normalized spacial score (nSPS) is 27.7. The average molecular weight is 259 g/mol. The van der Waals surface area contributed by atoms with Crippen molar-refractivity contribution in [3.05, 3.63) is 28.8 Å². The van der Waals surface area contributed by atoms with Gasteiger partial charge in [-0.05, 0) is 36.5 Å². The van der Waals surface area contributed by atoms with E-state index >= 15 is 0 Å². The molecular formula is C16H25N3. The summed E-state index contributed by atoms with van der Waals surface area (Å²) in [5, 5.41) is 7.11. The van der Waals surface area contributed by atoms with Gasteiger partial charge in [-0.3, -0.25) is 4.90 Å². The molecule has 2 atom stereocenters. The Hall–Kier alpha value is -1.06. The Labute approximate surface area is 116 Å². The summed E-state index contributed by atoms with van der Waals surface area (Å²) in [6, 6.07) is 5.10. The van der Waals surface area contributed by atoms with Gasteiger partial charge in [-0.15, -0.1) is 0 Å². The van der Waals surface area contributed by atoms with E-state index in [0.717, 1.165) is 19.6 Å². The van der Waals surface area contributed by atoms with E-state index < -0.39 is 0 Å². The molecule has 0 aromatic heterocycles. The second-order valence-corrected chi connectivity index (χ2v) is 6.08. The number of nitrogens with one attached hydrogen (secondary N) is 2. The zero-order valence-electron chi connectivity index (χ0n) is 12.3. The van der Waals surface area contributed by atoms with Gasteiger partial charge in [-0.1, -0.05) is 19.1 Å². The van der Waals surface area contributed by atoms with Crippen molar-refractivity contribution in [3.8, 4) is 0 Å². The number of aryl methyl sites for hydroxylation is 2. The molecule has 104 valence electrons. The molecule has 0 bridgehead atoms. The van der Waals surface area contributed by atoms with Crippen molar-refractivity contribution >= 4 is 5.69 Å². The number of benzene rings is 1. The molecule has 1 fully saturated rings. The number of anilines is 1. The maximum absolute atomic E-state index is 3.65. The van der Waals surface area contributed by atoms with Crippen LogP contribution in [0.1, 0.15) is 29.7 Å². The predicted octanol–water partition coefficient (Wildman–Crippen LogP) is 2.31. The van der Waals surface area contributed by atoms with E-state index in [1.165, 1.54) is 29.9 Å². The molecule has 1 saturated heterocycles. The first-order chi connectivity index (χ1) is 9.18. The van der Waals surface area contributed by atoms with Gasteiger partial charge in [0.05, 0.1) is 0 Å². The van der Waals surface area contributed by atoms with Crippen LogP contribution in [-0.2, 0) is 0 Å². The molecule has 3 nitrogen and oxygen atoms in total. The fourth-order valence-electron chi connectivity index (χ4n) is 3.61. The van der Waals surface area contributed by atoms with Gasteiger partial charge in [0.1, 0.15) is 0 Å². The third kappa shape index (κ3) is 2.26. The molecule has 0 radical (unpaired) electrons. The highest BCUT2D eigenvalue weighted by molar-refractivity contribution is 5.63. The molecule has 3 rings (SSSR count). The first kappa shape index (κ1) is 12.9. The lowest BCUT2D eigenvalue weighted by Gasteiger charge is -2.43. The van der Waals surface area contributed by atoms with Crippen molar-refractivity contribution in [2.24, 2.45) is 5.92 Å². The molecule has 2 unspecified atom stereocenters. The van der Waals surface area contributed by atoms with Crippen LogP contribution >= 0.6 is 0 Å². The number of piperazine rings is 1. The van der Waals surface area contributed by atoms with Gasteiger partial charge < -0.3 is 10.6 Å². The summed E-state index contributed by atoms with van der Waals surface area (Å²) in [6.45, 7) is 12.5. The van der Waals surface area contributed by atoms with Crippen molar-refractivity contribution < 1.29 is 0 Å². The van der Waals surface area contributed by atoms with Crippen LogP contribution in [0.25, 0.3) is 0 Å². The monoisotopic (exact) mass is 259 g/mol. The van der Waals surface area contributed by atoms with Gasteiger partial charge in [-0.25, -0.2) is 0 Å². The van der Waals surface area contributed by atoms with Crippen LogP contribution in [-0.4, -0.2) is 37.6 Å². The molecule has 2 N–H and O–H groups in total. The predicted molar refractivity (Wildman–Crippen MR) is 80.8 cm³/mol. The highest BCUT2D eigenvalue weighted by Crippen LogP contribution is 2.41. The smallest absolute Gasteiger partial charge is 0.0421 e. The zero-order chi connectivity index (χ0) is 13.4. The quantitative estimate of drug-likeness (QED) is 0.810. The van der Waals surface area contributed by atoms with E-state index in [-0.39, 0.29) is 0 Å². The minimum atomic E-state index is 0.582. The minimum Gasteiger partial charge on any atom is -0.384 e. The Morgan fingerprint density at radius 3 is 2.53 bits per heavy atom. The van der Waals surface area contributed by atoms with E-state index in [1.807, 2.05) is 0 Å². The summed E-state index contributed by atoms with van der Waals surface area (Å²) in [6.07, 6.45) is 0. The molecule has 0 saturated carbocycles. The van der Waals surface area contributed by atoms with E-state index in [4.69, 9.17) is 0 Å². The number of hydrogen-bond acceptors (Lipinski definition) is 3. The third-order valence-electron chi connectivity index (χ3n) is 4.65. The zero-order valence-corrected chi connectivity index (χ0v) is 12.3. The highest BCUT2D eigenvalue weighted by Gasteiger charge is 2.33. The molecule has 1 aromatic carbocycles. The molecule has 0 spiro atoms. The maximum atomic E-state index is 3.65. The second kappa shape index (κ2) is 5.14. The van der Waals surface area contributed by atoms with E-state index in [2.05, 4.69) is 48.4 Å². The largest absolute Gasteiger partial charge is 0.384 e. The molecular weight excluding hydrogens is 234 g/mol. The maximum Gasteiger partial charge on any atom is 0.0421 e. The van der Waals surface area contributed by atoms with Gasteiger partial charge in [0.2, 0.25) is 0 Å². The highest BCUT2D eigenvalue weighted by atomic mass is 15.2. The fourth-order valence-corrected chi connectivity index (χ4v) is 3.61. The summed E-state index contributed by atoms with van der Waals surface area (Å²) < 4.78 is 0. The lowest BCUT2D eigenvalue weighted by atomic mass is 9.84. The molecule has 19 heavy (non-hydrogen) atoms. The van der Waals surface area contributed by atoms with Crippen LogP contribution in [0.3, 0.4) is 0 Å². The molecule has 2 aliphatic heterocycles. The summed E-state index contributed by atoms with van der Waals surface area (Å²) in [4.78, 5) is 2.67. The average Bonchev–Trinajstić information content (AvgIpc) is 2.44. The summed E-state index contributed by atoms with van der Waals surface area (Å²) >= 11 is 0. The number of rotatable bonds is 1. The van der Waals surface area contributed by atoms with Gasteiger partial charge in [0.15, 0.2) is 0 Å². The lowest BCUT2D eigenvalue weighted by molar-refractivity contribution is 0.131. The molecule has 3 heteroatoms. The van der Waals surface area contributed by atoms with Crippen LogP contribution in [0.15, 0.2) is 12.1 Å². The van der Waals surface area contributed by atoms with Crippen LogP contribution in [0, 0.1) is 19.8 Å². The van der Waals surface area contributed by atoms with E-state index in [1.54, 1.807) is 5.56 Å². The van der Waals surface area contributed by atoms with Gasteiger partial charge in [0.25, 0.3) is 0 Å². The van der Waals surface area contributed by atoms with Crippen molar-refractivity contribution in [1.29, 1.82) is 0 Å². The first-order valence-corrected chi connectivity index (χ1v) is 7.47. The number of fused-ring (bicyclic) bond motifs is 1. The Morgan fingerprint density at radius 2 is 1.79 bits per heavy atom. The Balaban J connectivity index is 2.02. The summed E-state index contributed by atoms with van der Waals surface area (Å²) in [5.74, 6) is 0.672. The van der Waals surface area contributed by atoms with Crippen molar-refractivity contribution in [2.45, 2.75) is 26.8 Å². The molecule has 2 heterocycles. The fraction of sp³-hybridized carbons (Fsp3) is 0.625. The van der Waals surface area contributed by atoms with Gasteiger partial charge >= 0.3 is 0 Å². The first-order valence-electron chi connectivity index (χ1n) is 7.47. The van der Waals surface area contributed by atoms with E-state index in [0.29, 0.717) is 12.0 Å². The summed E-state index contributed by atoms with van der Waals surface area (Å²) in [7, 11) is 0. The van der Waals surface area contributed by atoms with Crippen molar-refractivity contribution in [2.75, 3.05) is 38.0 Å². The molecule has 0 amide bonds. The Bertz CT molecular complexity index is 463. The SMILES string of the molecule is Cc1ccc(C)c2c1NCC(C)C2N1CCNCC1. The molecule has 0 aliphatic carbocycles. The van der Waals surface area contributed by atoms with Gasteiger partial charge in [0, 0.05) is 44.5 Å². The van der Waals surface area contributed by atoms with E-state index in [9.17, 15) is 0 Å². The van der Waals surface area contributed by atoms with Crippen LogP contribution in [0.4, 0.5) is 5.69 Å².